The van der Waals surface area contributed by atoms with E-state index in [-0.39, 0.29) is 0 Å². The summed E-state index contributed by atoms with van der Waals surface area (Å²) in [6.07, 6.45) is 3.67. The zero-order valence-electron chi connectivity index (χ0n) is 12.1. The Labute approximate surface area is 122 Å². The van der Waals surface area contributed by atoms with E-state index in [1.807, 2.05) is 0 Å². The Hall–Kier alpha value is -1.60. The van der Waals surface area contributed by atoms with Gasteiger partial charge in [-0.15, -0.1) is 0 Å². The highest BCUT2D eigenvalue weighted by atomic mass is 15.0. The molecule has 1 N–H and O–H groups in total. The van der Waals surface area contributed by atoms with E-state index in [1.165, 1.54) is 24.0 Å². The molecule has 0 heterocycles. The number of hydrogen-bond acceptors (Lipinski definition) is 1. The fourth-order valence-electron chi connectivity index (χ4n) is 2.92. The van der Waals surface area contributed by atoms with Crippen LogP contribution in [0.2, 0.25) is 0 Å². The van der Waals surface area contributed by atoms with E-state index in [1.54, 1.807) is 0 Å². The first kappa shape index (κ1) is 13.4. The molecule has 0 aromatic heterocycles. The predicted octanol–water partition coefficient (Wildman–Crippen LogP) is 4.15. The highest BCUT2D eigenvalue weighted by molar-refractivity contribution is 5.27. The summed E-state index contributed by atoms with van der Waals surface area (Å²) in [5.74, 6) is 0.732. The predicted molar refractivity (Wildman–Crippen MR) is 84.9 cm³/mol. The number of rotatable bonds is 6. The molecule has 1 saturated carbocycles. The molecule has 0 radical (unpaired) electrons. The molecular weight excluding hydrogens is 242 g/mol. The van der Waals surface area contributed by atoms with Crippen molar-refractivity contribution in [3.8, 4) is 0 Å². The van der Waals surface area contributed by atoms with Gasteiger partial charge in [-0.05, 0) is 37.3 Å². The summed E-state index contributed by atoms with van der Waals surface area (Å²) in [6, 6.07) is 22.9. The molecule has 1 fully saturated rings. The van der Waals surface area contributed by atoms with Gasteiger partial charge in [-0.3, -0.25) is 0 Å². The van der Waals surface area contributed by atoms with Crippen LogP contribution in [0.1, 0.15) is 36.8 Å². The molecule has 2 aromatic carbocycles. The van der Waals surface area contributed by atoms with E-state index >= 15 is 0 Å². The maximum Gasteiger partial charge on any atom is 0.0145 e. The number of nitrogens with one attached hydrogen (secondary N) is 1. The Morgan fingerprint density at radius 3 is 2.35 bits per heavy atom. The Morgan fingerprint density at radius 1 is 1.00 bits per heavy atom. The maximum absolute atomic E-state index is 3.77. The quantitative estimate of drug-likeness (QED) is 0.827. The van der Waals surface area contributed by atoms with Crippen molar-refractivity contribution in [3.05, 3.63) is 71.8 Å². The van der Waals surface area contributed by atoms with Crippen molar-refractivity contribution < 1.29 is 0 Å². The zero-order valence-corrected chi connectivity index (χ0v) is 12.1. The van der Waals surface area contributed by atoms with Crippen LogP contribution in [-0.4, -0.2) is 12.1 Å². The van der Waals surface area contributed by atoms with Crippen LogP contribution < -0.4 is 5.32 Å². The molecule has 1 aliphatic carbocycles. The van der Waals surface area contributed by atoms with Crippen molar-refractivity contribution in [3.63, 3.8) is 0 Å². The lowest BCUT2D eigenvalue weighted by molar-refractivity contribution is 0.506. The molecule has 104 valence electrons. The van der Waals surface area contributed by atoms with E-state index in [2.05, 4.69) is 72.9 Å². The average molecular weight is 265 g/mol. The van der Waals surface area contributed by atoms with Crippen LogP contribution in [-0.2, 0) is 6.42 Å². The van der Waals surface area contributed by atoms with Crippen LogP contribution in [0.5, 0.6) is 0 Å². The van der Waals surface area contributed by atoms with Crippen LogP contribution in [0.3, 0.4) is 0 Å². The van der Waals surface area contributed by atoms with Crippen LogP contribution >= 0.6 is 0 Å². The van der Waals surface area contributed by atoms with E-state index < -0.39 is 0 Å². The third-order valence-corrected chi connectivity index (χ3v) is 4.23. The minimum Gasteiger partial charge on any atom is -0.311 e. The molecule has 2 aromatic rings. The van der Waals surface area contributed by atoms with Gasteiger partial charge in [0.1, 0.15) is 0 Å². The van der Waals surface area contributed by atoms with Crippen molar-refractivity contribution in [2.24, 2.45) is 0 Å². The highest BCUT2D eigenvalue weighted by Crippen LogP contribution is 2.40. The lowest BCUT2D eigenvalue weighted by Crippen LogP contribution is -2.29. The van der Waals surface area contributed by atoms with Gasteiger partial charge in [0.05, 0.1) is 0 Å². The Bertz CT molecular complexity index is 520. The lowest BCUT2D eigenvalue weighted by atomic mass is 10.1. The second kappa shape index (κ2) is 6.23. The van der Waals surface area contributed by atoms with Gasteiger partial charge in [0.25, 0.3) is 0 Å². The first-order chi connectivity index (χ1) is 9.83. The fraction of sp³-hybridized carbons (Fsp3) is 0.368. The molecule has 3 rings (SSSR count). The van der Waals surface area contributed by atoms with Crippen molar-refractivity contribution in [1.29, 1.82) is 0 Å². The molecular formula is C19H23N. The van der Waals surface area contributed by atoms with Crippen LogP contribution in [0.25, 0.3) is 0 Å². The van der Waals surface area contributed by atoms with Gasteiger partial charge in [-0.1, -0.05) is 60.7 Å². The largest absolute Gasteiger partial charge is 0.311 e. The fourth-order valence-corrected chi connectivity index (χ4v) is 2.92. The van der Waals surface area contributed by atoms with Gasteiger partial charge < -0.3 is 5.32 Å². The molecule has 3 atom stereocenters. The van der Waals surface area contributed by atoms with Gasteiger partial charge in [-0.25, -0.2) is 0 Å². The Balaban J connectivity index is 1.43. The number of hydrogen-bond donors (Lipinski definition) is 1. The molecule has 0 saturated heterocycles. The van der Waals surface area contributed by atoms with Gasteiger partial charge in [-0.2, -0.15) is 0 Å². The van der Waals surface area contributed by atoms with Gasteiger partial charge in [0, 0.05) is 18.0 Å². The summed E-state index contributed by atoms with van der Waals surface area (Å²) in [7, 11) is 0. The van der Waals surface area contributed by atoms with Crippen LogP contribution in [0, 0.1) is 0 Å². The van der Waals surface area contributed by atoms with Gasteiger partial charge in [0.2, 0.25) is 0 Å². The third-order valence-electron chi connectivity index (χ3n) is 4.23. The van der Waals surface area contributed by atoms with Crippen LogP contribution in [0.15, 0.2) is 60.7 Å². The maximum atomic E-state index is 3.77. The lowest BCUT2D eigenvalue weighted by Gasteiger charge is -2.14. The average Bonchev–Trinajstić information content (AvgIpc) is 3.26. The molecule has 1 aliphatic rings. The normalized spacial score (nSPS) is 22.4. The van der Waals surface area contributed by atoms with Gasteiger partial charge in [0.15, 0.2) is 0 Å². The Kier molecular flexibility index (Phi) is 4.17. The molecule has 0 spiro atoms. The SMILES string of the molecule is CC(CCc1ccccc1)NC1CC1c1ccccc1. The first-order valence-electron chi connectivity index (χ1n) is 7.68. The summed E-state index contributed by atoms with van der Waals surface area (Å²) in [5, 5.41) is 3.77. The van der Waals surface area contributed by atoms with Crippen molar-refractivity contribution in [1.82, 2.24) is 5.32 Å². The Morgan fingerprint density at radius 2 is 1.65 bits per heavy atom. The topological polar surface area (TPSA) is 12.0 Å². The first-order valence-corrected chi connectivity index (χ1v) is 7.68. The van der Waals surface area contributed by atoms with E-state index in [0.29, 0.717) is 12.1 Å². The van der Waals surface area contributed by atoms with E-state index in [4.69, 9.17) is 0 Å². The summed E-state index contributed by atoms with van der Waals surface area (Å²) >= 11 is 0. The van der Waals surface area contributed by atoms with Crippen molar-refractivity contribution >= 4 is 0 Å². The molecule has 0 aliphatic heterocycles. The van der Waals surface area contributed by atoms with Gasteiger partial charge >= 0.3 is 0 Å². The number of aryl methyl sites for hydroxylation is 1. The van der Waals surface area contributed by atoms with E-state index in [9.17, 15) is 0 Å². The summed E-state index contributed by atoms with van der Waals surface area (Å²) < 4.78 is 0. The second-order valence-electron chi connectivity index (χ2n) is 5.95. The summed E-state index contributed by atoms with van der Waals surface area (Å²) in [6.45, 7) is 2.31. The van der Waals surface area contributed by atoms with Crippen molar-refractivity contribution in [2.45, 2.75) is 44.2 Å². The minimum atomic E-state index is 0.592. The minimum absolute atomic E-state index is 0.592. The zero-order chi connectivity index (χ0) is 13.8. The molecule has 1 heteroatoms. The molecule has 3 unspecified atom stereocenters. The smallest absolute Gasteiger partial charge is 0.0145 e. The van der Waals surface area contributed by atoms with E-state index in [0.717, 1.165) is 12.3 Å². The summed E-state index contributed by atoms with van der Waals surface area (Å²) in [4.78, 5) is 0. The summed E-state index contributed by atoms with van der Waals surface area (Å²) in [5.41, 5.74) is 2.93. The highest BCUT2D eigenvalue weighted by Gasteiger charge is 2.38. The second-order valence-corrected chi connectivity index (χ2v) is 5.95. The van der Waals surface area contributed by atoms with Crippen LogP contribution in [0.4, 0.5) is 0 Å². The van der Waals surface area contributed by atoms with Crippen molar-refractivity contribution in [2.75, 3.05) is 0 Å². The third kappa shape index (κ3) is 3.49. The number of benzene rings is 2. The molecule has 20 heavy (non-hydrogen) atoms. The molecule has 0 amide bonds. The standard InChI is InChI=1S/C19H23N/c1-15(12-13-16-8-4-2-5-9-16)20-19-14-18(19)17-10-6-3-7-11-17/h2-11,15,18-20H,12-14H2,1H3. The molecule has 0 bridgehead atoms. The monoisotopic (exact) mass is 265 g/mol. The molecule has 1 nitrogen and oxygen atoms in total.